The van der Waals surface area contributed by atoms with Crippen LogP contribution in [0.15, 0.2) is 47.4 Å². The summed E-state index contributed by atoms with van der Waals surface area (Å²) in [5.74, 6) is -0.656. The zero-order chi connectivity index (χ0) is 12.4. The fourth-order valence-corrected chi connectivity index (χ4v) is 1.57. The highest BCUT2D eigenvalue weighted by Gasteiger charge is 2.08. The Hall–Kier alpha value is -2.23. The molecule has 0 saturated carbocycles. The number of nitrogens with zero attached hydrogens (tertiary/aromatic N) is 1. The minimum Gasteiger partial charge on any atom is -0.294 e. The highest BCUT2D eigenvalue weighted by molar-refractivity contribution is 5.93. The third kappa shape index (κ3) is 2.15. The van der Waals surface area contributed by atoms with Gasteiger partial charge in [0, 0.05) is 11.9 Å². The van der Waals surface area contributed by atoms with E-state index in [4.69, 9.17) is 0 Å². The Morgan fingerprint density at radius 3 is 2.41 bits per heavy atom. The van der Waals surface area contributed by atoms with Gasteiger partial charge in [0.2, 0.25) is 0 Å². The number of benzene rings is 1. The van der Waals surface area contributed by atoms with Crippen LogP contribution < -0.4 is 5.56 Å². The lowest BCUT2D eigenvalue weighted by atomic mass is 10.2. The average Bonchev–Trinajstić information content (AvgIpc) is 2.30. The van der Waals surface area contributed by atoms with Crippen LogP contribution in [0.2, 0.25) is 0 Å². The molecular weight excluding hydrogens is 221 g/mol. The first kappa shape index (κ1) is 11.3. The van der Waals surface area contributed by atoms with Crippen molar-refractivity contribution in [2.75, 3.05) is 0 Å². The molecule has 0 amide bonds. The second-order valence-corrected chi connectivity index (χ2v) is 3.63. The summed E-state index contributed by atoms with van der Waals surface area (Å²) in [5, 5.41) is 0. The molecule has 1 aromatic heterocycles. The molecule has 2 rings (SSSR count). The maximum Gasteiger partial charge on any atom is 0.265 e. The van der Waals surface area contributed by atoms with Crippen molar-refractivity contribution in [3.05, 3.63) is 64.3 Å². The summed E-state index contributed by atoms with van der Waals surface area (Å²) in [5.41, 5.74) is 0.253. The second kappa shape index (κ2) is 4.33. The molecule has 0 fully saturated rings. The van der Waals surface area contributed by atoms with Crippen molar-refractivity contribution in [1.82, 2.24) is 4.57 Å². The number of ketones is 1. The van der Waals surface area contributed by atoms with Crippen LogP contribution in [0.5, 0.6) is 0 Å². The molecule has 86 valence electrons. The Morgan fingerprint density at radius 2 is 1.82 bits per heavy atom. The molecule has 3 nitrogen and oxygen atoms in total. The maximum atomic E-state index is 12.8. The molecule has 0 bridgehead atoms. The van der Waals surface area contributed by atoms with Crippen LogP contribution in [0.3, 0.4) is 0 Å². The van der Waals surface area contributed by atoms with Crippen molar-refractivity contribution < 1.29 is 9.18 Å². The maximum absolute atomic E-state index is 12.8. The highest BCUT2D eigenvalue weighted by Crippen LogP contribution is 2.07. The zero-order valence-corrected chi connectivity index (χ0v) is 9.18. The first-order chi connectivity index (χ1) is 8.09. The third-order valence-corrected chi connectivity index (χ3v) is 2.43. The van der Waals surface area contributed by atoms with E-state index in [1.807, 2.05) is 0 Å². The van der Waals surface area contributed by atoms with Gasteiger partial charge in [-0.05, 0) is 43.3 Å². The van der Waals surface area contributed by atoms with Gasteiger partial charge in [-0.1, -0.05) is 0 Å². The van der Waals surface area contributed by atoms with Gasteiger partial charge in [-0.3, -0.25) is 14.2 Å². The van der Waals surface area contributed by atoms with Crippen molar-refractivity contribution in [1.29, 1.82) is 0 Å². The molecule has 0 atom stereocenters. The van der Waals surface area contributed by atoms with E-state index in [1.54, 1.807) is 12.3 Å². The molecule has 0 N–H and O–H groups in total. The molecule has 0 spiro atoms. The minimum atomic E-state index is -0.397. The first-order valence-electron chi connectivity index (χ1n) is 5.08. The minimum absolute atomic E-state index is 0.122. The summed E-state index contributed by atoms with van der Waals surface area (Å²) in [6.07, 6.45) is 1.54. The van der Waals surface area contributed by atoms with Gasteiger partial charge in [0.25, 0.3) is 5.56 Å². The van der Waals surface area contributed by atoms with Gasteiger partial charge in [0.05, 0.1) is 5.56 Å². The Balaban J connectivity index is 2.61. The van der Waals surface area contributed by atoms with Crippen LogP contribution >= 0.6 is 0 Å². The van der Waals surface area contributed by atoms with Gasteiger partial charge in [-0.15, -0.1) is 0 Å². The number of Topliss-reactive ketones (excluding diaryl/α,β-unsaturated/α-hetero) is 1. The lowest BCUT2D eigenvalue weighted by Crippen LogP contribution is -2.23. The van der Waals surface area contributed by atoms with Crippen LogP contribution in [-0.2, 0) is 0 Å². The number of carbonyl (C=O) groups is 1. The average molecular weight is 231 g/mol. The van der Waals surface area contributed by atoms with E-state index in [9.17, 15) is 14.0 Å². The summed E-state index contributed by atoms with van der Waals surface area (Å²) in [6.45, 7) is 1.34. The van der Waals surface area contributed by atoms with Crippen molar-refractivity contribution in [2.24, 2.45) is 0 Å². The molecule has 0 aliphatic rings. The molecule has 0 unspecified atom stereocenters. The van der Waals surface area contributed by atoms with E-state index in [0.29, 0.717) is 5.69 Å². The van der Waals surface area contributed by atoms with Crippen molar-refractivity contribution in [2.45, 2.75) is 6.92 Å². The molecule has 1 aromatic carbocycles. The standard InChI is InChI=1S/C13H10FNO2/c1-9(16)12-3-2-8-15(13(12)17)11-6-4-10(14)5-7-11/h2-8H,1H3. The van der Waals surface area contributed by atoms with Crippen LogP contribution in [-0.4, -0.2) is 10.4 Å². The smallest absolute Gasteiger partial charge is 0.265 e. The quantitative estimate of drug-likeness (QED) is 0.743. The summed E-state index contributed by atoms with van der Waals surface area (Å²) in [7, 11) is 0. The summed E-state index contributed by atoms with van der Waals surface area (Å²) in [6, 6.07) is 8.60. The third-order valence-electron chi connectivity index (χ3n) is 2.43. The predicted octanol–water partition coefficient (Wildman–Crippen LogP) is 2.18. The summed E-state index contributed by atoms with van der Waals surface area (Å²) < 4.78 is 14.1. The molecule has 2 aromatic rings. The van der Waals surface area contributed by atoms with Gasteiger partial charge in [0.1, 0.15) is 5.82 Å². The fourth-order valence-electron chi connectivity index (χ4n) is 1.57. The molecule has 0 aliphatic heterocycles. The number of halogens is 1. The molecule has 0 aliphatic carbocycles. The van der Waals surface area contributed by atoms with Gasteiger partial charge in [-0.2, -0.15) is 0 Å². The van der Waals surface area contributed by atoms with Crippen LogP contribution in [0, 0.1) is 5.82 Å². The number of pyridine rings is 1. The number of carbonyl (C=O) groups excluding carboxylic acids is 1. The van der Waals surface area contributed by atoms with Gasteiger partial charge in [0.15, 0.2) is 5.78 Å². The number of hydrogen-bond acceptors (Lipinski definition) is 2. The molecule has 0 radical (unpaired) electrons. The van der Waals surface area contributed by atoms with Crippen molar-refractivity contribution in [3.8, 4) is 5.69 Å². The van der Waals surface area contributed by atoms with Gasteiger partial charge < -0.3 is 0 Å². The molecule has 1 heterocycles. The lowest BCUT2D eigenvalue weighted by Gasteiger charge is -2.06. The second-order valence-electron chi connectivity index (χ2n) is 3.63. The van der Waals surface area contributed by atoms with Crippen LogP contribution in [0.25, 0.3) is 5.69 Å². The van der Waals surface area contributed by atoms with Crippen molar-refractivity contribution >= 4 is 5.78 Å². The normalized spacial score (nSPS) is 10.2. The van der Waals surface area contributed by atoms with E-state index in [-0.39, 0.29) is 17.2 Å². The van der Waals surface area contributed by atoms with Gasteiger partial charge in [-0.25, -0.2) is 4.39 Å². The molecule has 0 saturated heterocycles. The number of rotatable bonds is 2. The van der Waals surface area contributed by atoms with E-state index >= 15 is 0 Å². The summed E-state index contributed by atoms with van der Waals surface area (Å²) >= 11 is 0. The van der Waals surface area contributed by atoms with E-state index in [0.717, 1.165) is 0 Å². The number of hydrogen-bond donors (Lipinski definition) is 0. The predicted molar refractivity (Wildman–Crippen MR) is 62.0 cm³/mol. The van der Waals surface area contributed by atoms with E-state index in [2.05, 4.69) is 0 Å². The van der Waals surface area contributed by atoms with Crippen molar-refractivity contribution in [3.63, 3.8) is 0 Å². The molecule has 4 heteroatoms. The zero-order valence-electron chi connectivity index (χ0n) is 9.18. The van der Waals surface area contributed by atoms with Crippen LogP contribution in [0.1, 0.15) is 17.3 Å². The first-order valence-corrected chi connectivity index (χ1v) is 5.08. The monoisotopic (exact) mass is 231 g/mol. The number of aromatic nitrogens is 1. The largest absolute Gasteiger partial charge is 0.294 e. The highest BCUT2D eigenvalue weighted by atomic mass is 19.1. The SMILES string of the molecule is CC(=O)c1cccn(-c2ccc(F)cc2)c1=O. The van der Waals surface area contributed by atoms with Gasteiger partial charge >= 0.3 is 0 Å². The topological polar surface area (TPSA) is 39.1 Å². The fraction of sp³-hybridized carbons (Fsp3) is 0.0769. The van der Waals surface area contributed by atoms with Crippen LogP contribution in [0.4, 0.5) is 4.39 Å². The molecular formula is C13H10FNO2. The lowest BCUT2D eigenvalue weighted by molar-refractivity contribution is 0.101. The summed E-state index contributed by atoms with van der Waals surface area (Å²) in [4.78, 5) is 23.2. The Labute approximate surface area is 97.1 Å². The Kier molecular flexibility index (Phi) is 2.87. The van der Waals surface area contributed by atoms with E-state index in [1.165, 1.54) is 41.8 Å². The Bertz CT molecular complexity index is 614. The van der Waals surface area contributed by atoms with E-state index < -0.39 is 5.56 Å². The Morgan fingerprint density at radius 1 is 1.18 bits per heavy atom. The molecule has 17 heavy (non-hydrogen) atoms.